The third kappa shape index (κ3) is 3.39. The fourth-order valence-corrected chi connectivity index (χ4v) is 1.91. The number of aryl methyl sites for hydroxylation is 1. The van der Waals surface area contributed by atoms with Crippen molar-refractivity contribution >= 4 is 27.5 Å². The predicted molar refractivity (Wildman–Crippen MR) is 75.9 cm³/mol. The van der Waals surface area contributed by atoms with Crippen LogP contribution in [-0.4, -0.2) is 27.4 Å². The average molecular weight is 324 g/mol. The summed E-state index contributed by atoms with van der Waals surface area (Å²) >= 11 is 3.39. The first-order chi connectivity index (χ1) is 9.10. The molecule has 2 aromatic rings. The Balaban J connectivity index is 2.13. The minimum atomic E-state index is -0.297. The number of aromatic nitrogens is 3. The van der Waals surface area contributed by atoms with Gasteiger partial charge in [0.15, 0.2) is 5.69 Å². The largest absolute Gasteiger partial charge is 0.329 e. The van der Waals surface area contributed by atoms with Gasteiger partial charge in [-0.05, 0) is 40.5 Å². The average Bonchev–Trinajstić information content (AvgIpc) is 2.83. The zero-order chi connectivity index (χ0) is 13.8. The number of hydrogen-bond acceptors (Lipinski definition) is 4. The van der Waals surface area contributed by atoms with Gasteiger partial charge >= 0.3 is 0 Å². The Bertz CT molecular complexity index is 596. The summed E-state index contributed by atoms with van der Waals surface area (Å²) in [6, 6.07) is 5.72. The van der Waals surface area contributed by atoms with Crippen LogP contribution in [0, 0.1) is 6.92 Å². The van der Waals surface area contributed by atoms with E-state index in [4.69, 9.17) is 5.73 Å². The molecule has 0 radical (unpaired) electrons. The van der Waals surface area contributed by atoms with Crippen LogP contribution < -0.4 is 11.1 Å². The monoisotopic (exact) mass is 323 g/mol. The lowest BCUT2D eigenvalue weighted by Gasteiger charge is -2.06. The summed E-state index contributed by atoms with van der Waals surface area (Å²) in [4.78, 5) is 12.0. The second kappa shape index (κ2) is 5.94. The SMILES string of the molecule is Cc1ccc(Br)c(NC(=O)c2cn(CCN)nn2)c1. The molecule has 1 heterocycles. The Morgan fingerprint density at radius 1 is 1.53 bits per heavy atom. The first-order valence-corrected chi connectivity index (χ1v) is 6.57. The molecule has 19 heavy (non-hydrogen) atoms. The summed E-state index contributed by atoms with van der Waals surface area (Å²) in [7, 11) is 0. The van der Waals surface area contributed by atoms with E-state index in [0.717, 1.165) is 10.0 Å². The van der Waals surface area contributed by atoms with E-state index in [0.29, 0.717) is 18.8 Å². The van der Waals surface area contributed by atoms with Gasteiger partial charge in [-0.2, -0.15) is 0 Å². The van der Waals surface area contributed by atoms with Crippen LogP contribution in [0.1, 0.15) is 16.1 Å². The van der Waals surface area contributed by atoms with Crippen molar-refractivity contribution in [2.24, 2.45) is 5.73 Å². The van der Waals surface area contributed by atoms with E-state index in [9.17, 15) is 4.79 Å². The zero-order valence-electron chi connectivity index (χ0n) is 10.4. The normalized spacial score (nSPS) is 10.5. The van der Waals surface area contributed by atoms with E-state index in [-0.39, 0.29) is 11.6 Å². The minimum Gasteiger partial charge on any atom is -0.329 e. The molecule has 0 saturated carbocycles. The van der Waals surface area contributed by atoms with Gasteiger partial charge in [0.25, 0.3) is 5.91 Å². The molecule has 0 saturated heterocycles. The van der Waals surface area contributed by atoms with Crippen LogP contribution in [0.2, 0.25) is 0 Å². The number of amides is 1. The zero-order valence-corrected chi connectivity index (χ0v) is 12.0. The summed E-state index contributed by atoms with van der Waals surface area (Å²) in [5.41, 5.74) is 7.44. The van der Waals surface area contributed by atoms with Gasteiger partial charge in [0.2, 0.25) is 0 Å². The number of nitrogens with two attached hydrogens (primary N) is 1. The molecule has 0 aliphatic rings. The first kappa shape index (κ1) is 13.7. The second-order valence-corrected chi connectivity index (χ2v) is 4.95. The standard InChI is InChI=1S/C12H14BrN5O/c1-8-2-3-9(13)10(6-8)15-12(19)11-7-18(5-4-14)17-16-11/h2-3,6-7H,4-5,14H2,1H3,(H,15,19). The molecular formula is C12H14BrN5O. The van der Waals surface area contributed by atoms with Crippen molar-refractivity contribution in [3.63, 3.8) is 0 Å². The maximum Gasteiger partial charge on any atom is 0.277 e. The van der Waals surface area contributed by atoms with Crippen LogP contribution in [0.25, 0.3) is 0 Å². The van der Waals surface area contributed by atoms with Crippen LogP contribution in [0.5, 0.6) is 0 Å². The van der Waals surface area contributed by atoms with E-state index in [1.807, 2.05) is 25.1 Å². The number of carbonyl (C=O) groups excluding carboxylic acids is 1. The minimum absolute atomic E-state index is 0.266. The lowest BCUT2D eigenvalue weighted by atomic mass is 10.2. The Kier molecular flexibility index (Phi) is 4.28. The van der Waals surface area contributed by atoms with Crippen LogP contribution in [0.3, 0.4) is 0 Å². The highest BCUT2D eigenvalue weighted by atomic mass is 79.9. The van der Waals surface area contributed by atoms with E-state index in [1.54, 1.807) is 10.9 Å². The van der Waals surface area contributed by atoms with Crippen molar-refractivity contribution in [3.8, 4) is 0 Å². The number of rotatable bonds is 4. The molecule has 6 nitrogen and oxygen atoms in total. The lowest BCUT2D eigenvalue weighted by molar-refractivity contribution is 0.102. The maximum atomic E-state index is 12.0. The van der Waals surface area contributed by atoms with Gasteiger partial charge in [-0.15, -0.1) is 5.10 Å². The van der Waals surface area contributed by atoms with Crippen molar-refractivity contribution < 1.29 is 4.79 Å². The van der Waals surface area contributed by atoms with Crippen molar-refractivity contribution in [3.05, 3.63) is 40.1 Å². The molecule has 0 aliphatic carbocycles. The van der Waals surface area contributed by atoms with Crippen molar-refractivity contribution in [2.45, 2.75) is 13.5 Å². The Labute approximate surface area is 119 Å². The molecule has 2 rings (SSSR count). The summed E-state index contributed by atoms with van der Waals surface area (Å²) in [6.07, 6.45) is 1.58. The van der Waals surface area contributed by atoms with Gasteiger partial charge in [0.05, 0.1) is 18.4 Å². The molecule has 100 valence electrons. The molecule has 0 spiro atoms. The van der Waals surface area contributed by atoms with E-state index in [1.165, 1.54) is 0 Å². The summed E-state index contributed by atoms with van der Waals surface area (Å²) in [5.74, 6) is -0.297. The molecule has 0 atom stereocenters. The molecule has 1 aromatic heterocycles. The first-order valence-electron chi connectivity index (χ1n) is 5.78. The van der Waals surface area contributed by atoms with Gasteiger partial charge in [-0.3, -0.25) is 9.48 Å². The summed E-state index contributed by atoms with van der Waals surface area (Å²) in [5, 5.41) is 10.4. The predicted octanol–water partition coefficient (Wildman–Crippen LogP) is 1.56. The van der Waals surface area contributed by atoms with E-state index in [2.05, 4.69) is 31.6 Å². The van der Waals surface area contributed by atoms with Crippen molar-refractivity contribution in [2.75, 3.05) is 11.9 Å². The molecule has 0 bridgehead atoms. The number of nitrogens with one attached hydrogen (secondary N) is 1. The van der Waals surface area contributed by atoms with Crippen LogP contribution in [0.15, 0.2) is 28.9 Å². The molecule has 1 amide bonds. The molecule has 1 aromatic carbocycles. The Hall–Kier alpha value is -1.73. The third-order valence-corrected chi connectivity index (χ3v) is 3.19. The Morgan fingerprint density at radius 3 is 3.05 bits per heavy atom. The van der Waals surface area contributed by atoms with Crippen LogP contribution in [0.4, 0.5) is 5.69 Å². The molecule has 0 fully saturated rings. The van der Waals surface area contributed by atoms with E-state index < -0.39 is 0 Å². The quantitative estimate of drug-likeness (QED) is 0.894. The summed E-state index contributed by atoms with van der Waals surface area (Å²) < 4.78 is 2.36. The molecule has 7 heteroatoms. The number of anilines is 1. The van der Waals surface area contributed by atoms with Crippen molar-refractivity contribution in [1.29, 1.82) is 0 Å². The maximum absolute atomic E-state index is 12.0. The third-order valence-electron chi connectivity index (χ3n) is 2.50. The number of halogens is 1. The van der Waals surface area contributed by atoms with Gasteiger partial charge in [-0.25, -0.2) is 0 Å². The Morgan fingerprint density at radius 2 is 2.32 bits per heavy atom. The number of carbonyl (C=O) groups is 1. The molecule has 0 aliphatic heterocycles. The number of benzene rings is 1. The topological polar surface area (TPSA) is 85.8 Å². The summed E-state index contributed by atoms with van der Waals surface area (Å²) in [6.45, 7) is 2.95. The highest BCUT2D eigenvalue weighted by molar-refractivity contribution is 9.10. The van der Waals surface area contributed by atoms with Gasteiger partial charge in [0, 0.05) is 11.0 Å². The lowest BCUT2D eigenvalue weighted by Crippen LogP contribution is -2.13. The van der Waals surface area contributed by atoms with Crippen molar-refractivity contribution in [1.82, 2.24) is 15.0 Å². The van der Waals surface area contributed by atoms with Gasteiger partial charge < -0.3 is 11.1 Å². The number of hydrogen-bond donors (Lipinski definition) is 2. The molecular weight excluding hydrogens is 310 g/mol. The highest BCUT2D eigenvalue weighted by Crippen LogP contribution is 2.23. The molecule has 3 N–H and O–H groups in total. The molecule has 0 unspecified atom stereocenters. The van der Waals surface area contributed by atoms with Gasteiger partial charge in [-0.1, -0.05) is 11.3 Å². The number of nitrogens with zero attached hydrogens (tertiary/aromatic N) is 3. The van der Waals surface area contributed by atoms with Crippen LogP contribution in [-0.2, 0) is 6.54 Å². The van der Waals surface area contributed by atoms with E-state index >= 15 is 0 Å². The fourth-order valence-electron chi connectivity index (χ4n) is 1.57. The van der Waals surface area contributed by atoms with Gasteiger partial charge in [0.1, 0.15) is 0 Å². The van der Waals surface area contributed by atoms with Crippen LogP contribution >= 0.6 is 15.9 Å². The second-order valence-electron chi connectivity index (χ2n) is 4.09. The highest BCUT2D eigenvalue weighted by Gasteiger charge is 2.12. The fraction of sp³-hybridized carbons (Fsp3) is 0.250. The smallest absolute Gasteiger partial charge is 0.277 e.